The maximum absolute atomic E-state index is 12.7. The smallest absolute Gasteiger partial charge is 0.228 e. The van der Waals surface area contributed by atoms with Gasteiger partial charge in [-0.15, -0.1) is 0 Å². The van der Waals surface area contributed by atoms with Crippen LogP contribution in [0, 0.1) is 12.3 Å². The number of hydrogen-bond acceptors (Lipinski definition) is 5. The summed E-state index contributed by atoms with van der Waals surface area (Å²) < 4.78 is 1.92. The molecule has 31 heavy (non-hydrogen) atoms. The summed E-state index contributed by atoms with van der Waals surface area (Å²) >= 11 is 0. The number of anilines is 1. The molecule has 0 bridgehead atoms. The van der Waals surface area contributed by atoms with Crippen molar-refractivity contribution in [3.8, 4) is 5.69 Å². The molecule has 0 unspecified atom stereocenters. The molecular weight excluding hydrogens is 388 g/mol. The summed E-state index contributed by atoms with van der Waals surface area (Å²) in [5.41, 5.74) is 2.41. The summed E-state index contributed by atoms with van der Waals surface area (Å²) in [4.78, 5) is 26.8. The lowest BCUT2D eigenvalue weighted by atomic mass is 9.94. The average molecular weight is 421 g/mol. The van der Waals surface area contributed by atoms with Gasteiger partial charge in [0.25, 0.3) is 0 Å². The van der Waals surface area contributed by atoms with Crippen molar-refractivity contribution in [3.05, 3.63) is 41.9 Å². The highest BCUT2D eigenvalue weighted by atomic mass is 16.2. The highest BCUT2D eigenvalue weighted by Crippen LogP contribution is 2.30. The van der Waals surface area contributed by atoms with Gasteiger partial charge in [-0.05, 0) is 25.5 Å². The van der Waals surface area contributed by atoms with Crippen LogP contribution in [0.15, 0.2) is 30.3 Å². The van der Waals surface area contributed by atoms with Gasteiger partial charge in [0.15, 0.2) is 5.65 Å². The van der Waals surface area contributed by atoms with Crippen molar-refractivity contribution in [1.29, 1.82) is 0 Å². The largest absolute Gasteiger partial charge is 0.352 e. The Morgan fingerprint density at radius 3 is 2.32 bits per heavy atom. The van der Waals surface area contributed by atoms with Crippen LogP contribution in [0.3, 0.4) is 0 Å². The third kappa shape index (κ3) is 4.13. The minimum Gasteiger partial charge on any atom is -0.352 e. The zero-order valence-corrected chi connectivity index (χ0v) is 19.2. The van der Waals surface area contributed by atoms with Crippen molar-refractivity contribution in [3.63, 3.8) is 0 Å². The molecule has 2 aromatic heterocycles. The maximum atomic E-state index is 12.7. The maximum Gasteiger partial charge on any atom is 0.228 e. The van der Waals surface area contributed by atoms with E-state index < -0.39 is 0 Å². The first-order valence-corrected chi connectivity index (χ1v) is 11.2. The number of nitrogens with zero attached hydrogens (tertiary/aromatic N) is 6. The molecule has 7 nitrogen and oxygen atoms in total. The molecule has 1 aromatic carbocycles. The van der Waals surface area contributed by atoms with Gasteiger partial charge >= 0.3 is 0 Å². The second-order valence-corrected chi connectivity index (χ2v) is 9.27. The molecule has 164 valence electrons. The van der Waals surface area contributed by atoms with Crippen molar-refractivity contribution < 1.29 is 4.79 Å². The quantitative estimate of drug-likeness (QED) is 0.643. The van der Waals surface area contributed by atoms with Gasteiger partial charge < -0.3 is 9.80 Å². The minimum atomic E-state index is -0.355. The summed E-state index contributed by atoms with van der Waals surface area (Å²) in [7, 11) is 0. The lowest BCUT2D eigenvalue weighted by molar-refractivity contribution is -0.139. The molecule has 0 radical (unpaired) electrons. The van der Waals surface area contributed by atoms with E-state index in [4.69, 9.17) is 15.1 Å². The van der Waals surface area contributed by atoms with E-state index >= 15 is 0 Å². The second-order valence-electron chi connectivity index (χ2n) is 9.27. The van der Waals surface area contributed by atoms with Crippen LogP contribution < -0.4 is 4.90 Å². The highest BCUT2D eigenvalue weighted by molar-refractivity contribution is 5.91. The molecule has 1 saturated heterocycles. The Balaban J connectivity index is 1.73. The number of rotatable bonds is 4. The Hall–Kier alpha value is -2.96. The Morgan fingerprint density at radius 1 is 1.03 bits per heavy atom. The molecular formula is C24H32N6O. The van der Waals surface area contributed by atoms with Gasteiger partial charge in [-0.2, -0.15) is 5.10 Å². The number of para-hydroxylation sites is 1. The van der Waals surface area contributed by atoms with Crippen LogP contribution in [-0.4, -0.2) is 56.7 Å². The summed E-state index contributed by atoms with van der Waals surface area (Å²) in [6.07, 6.45) is 1.81. The Morgan fingerprint density at radius 2 is 1.71 bits per heavy atom. The minimum absolute atomic E-state index is 0.208. The van der Waals surface area contributed by atoms with Gasteiger partial charge in [0.1, 0.15) is 11.6 Å². The predicted octanol–water partition coefficient (Wildman–Crippen LogP) is 3.77. The molecule has 1 amide bonds. The van der Waals surface area contributed by atoms with Gasteiger partial charge in [0.05, 0.1) is 16.8 Å². The molecule has 0 atom stereocenters. The Bertz CT molecular complexity index is 1070. The van der Waals surface area contributed by atoms with Crippen LogP contribution in [0.1, 0.15) is 45.6 Å². The second kappa shape index (κ2) is 8.29. The van der Waals surface area contributed by atoms with Gasteiger partial charge in [-0.3, -0.25) is 4.79 Å². The molecule has 1 aliphatic rings. The lowest BCUT2D eigenvalue weighted by Crippen LogP contribution is -2.52. The summed E-state index contributed by atoms with van der Waals surface area (Å²) in [5, 5.41) is 5.81. The van der Waals surface area contributed by atoms with E-state index in [0.717, 1.165) is 60.0 Å². The summed E-state index contributed by atoms with van der Waals surface area (Å²) in [6.45, 7) is 13.0. The lowest BCUT2D eigenvalue weighted by Gasteiger charge is -2.38. The molecule has 3 aromatic rings. The van der Waals surface area contributed by atoms with Crippen molar-refractivity contribution in [2.45, 2.75) is 47.5 Å². The van der Waals surface area contributed by atoms with Crippen LogP contribution in [0.4, 0.5) is 5.82 Å². The van der Waals surface area contributed by atoms with Crippen LogP contribution in [0.5, 0.6) is 0 Å². The summed E-state index contributed by atoms with van der Waals surface area (Å²) in [6, 6.07) is 10.1. The third-order valence-corrected chi connectivity index (χ3v) is 5.71. The molecule has 0 saturated carbocycles. The Labute approximate surface area is 184 Å². The van der Waals surface area contributed by atoms with Gasteiger partial charge in [-0.1, -0.05) is 45.9 Å². The Kier molecular flexibility index (Phi) is 5.69. The van der Waals surface area contributed by atoms with Crippen LogP contribution in [0.2, 0.25) is 0 Å². The van der Waals surface area contributed by atoms with Gasteiger partial charge in [0.2, 0.25) is 5.91 Å². The highest BCUT2D eigenvalue weighted by Gasteiger charge is 2.31. The first-order chi connectivity index (χ1) is 14.8. The number of piperazine rings is 1. The number of hydrogen-bond donors (Lipinski definition) is 0. The molecule has 1 aliphatic heterocycles. The number of amides is 1. The molecule has 3 heterocycles. The number of aromatic nitrogens is 4. The van der Waals surface area contributed by atoms with Gasteiger partial charge in [0, 0.05) is 38.0 Å². The zero-order valence-electron chi connectivity index (χ0n) is 19.2. The van der Waals surface area contributed by atoms with E-state index in [-0.39, 0.29) is 11.3 Å². The SMILES string of the molecule is CCCc1nc(N2CCN(C(=O)C(C)(C)C)CC2)c2c(C)nn(-c3ccccc3)c2n1. The van der Waals surface area contributed by atoms with E-state index in [1.54, 1.807) is 0 Å². The third-order valence-electron chi connectivity index (χ3n) is 5.71. The number of benzene rings is 1. The number of aryl methyl sites for hydroxylation is 2. The van der Waals surface area contributed by atoms with Crippen LogP contribution in [0.25, 0.3) is 16.7 Å². The summed E-state index contributed by atoms with van der Waals surface area (Å²) in [5.74, 6) is 1.99. The van der Waals surface area contributed by atoms with E-state index in [1.807, 2.05) is 67.6 Å². The predicted molar refractivity (Wildman–Crippen MR) is 124 cm³/mol. The van der Waals surface area contributed by atoms with Crippen molar-refractivity contribution >= 4 is 22.8 Å². The number of fused-ring (bicyclic) bond motifs is 1. The normalized spacial score (nSPS) is 15.0. The van der Waals surface area contributed by atoms with Crippen molar-refractivity contribution in [2.24, 2.45) is 5.41 Å². The van der Waals surface area contributed by atoms with E-state index in [9.17, 15) is 4.79 Å². The fourth-order valence-corrected chi connectivity index (χ4v) is 4.11. The molecule has 0 N–H and O–H groups in total. The zero-order chi connectivity index (χ0) is 22.2. The van der Waals surface area contributed by atoms with E-state index in [1.165, 1.54) is 0 Å². The fraction of sp³-hybridized carbons (Fsp3) is 0.500. The first kappa shape index (κ1) is 21.3. The van der Waals surface area contributed by atoms with E-state index in [2.05, 4.69) is 11.8 Å². The topological polar surface area (TPSA) is 67.2 Å². The van der Waals surface area contributed by atoms with Crippen LogP contribution >= 0.6 is 0 Å². The molecule has 0 spiro atoms. The average Bonchev–Trinajstić information content (AvgIpc) is 3.09. The standard InChI is InChI=1S/C24H32N6O/c1-6-10-19-25-21(28-13-15-29(16-14-28)23(31)24(3,4)5)20-17(2)27-30(22(20)26-19)18-11-8-7-9-12-18/h7-9,11-12H,6,10,13-16H2,1-5H3. The number of carbonyl (C=O) groups excluding carboxylic acids is 1. The molecule has 4 rings (SSSR count). The molecule has 0 aliphatic carbocycles. The monoisotopic (exact) mass is 420 g/mol. The fourth-order valence-electron chi connectivity index (χ4n) is 4.11. The first-order valence-electron chi connectivity index (χ1n) is 11.2. The van der Waals surface area contributed by atoms with Crippen molar-refractivity contribution in [1.82, 2.24) is 24.6 Å². The molecule has 7 heteroatoms. The number of carbonyl (C=O) groups is 1. The van der Waals surface area contributed by atoms with Crippen LogP contribution in [-0.2, 0) is 11.2 Å². The molecule has 1 fully saturated rings. The van der Waals surface area contributed by atoms with Crippen molar-refractivity contribution in [2.75, 3.05) is 31.1 Å². The van der Waals surface area contributed by atoms with E-state index in [0.29, 0.717) is 13.1 Å². The van der Waals surface area contributed by atoms with Gasteiger partial charge in [-0.25, -0.2) is 14.6 Å².